The van der Waals surface area contributed by atoms with Crippen LogP contribution in [0, 0.1) is 11.3 Å². The van der Waals surface area contributed by atoms with Gasteiger partial charge in [0.25, 0.3) is 0 Å². The van der Waals surface area contributed by atoms with Gasteiger partial charge in [-0.25, -0.2) is 27.7 Å². The zero-order valence-corrected chi connectivity index (χ0v) is 16.9. The van der Waals surface area contributed by atoms with E-state index in [0.717, 1.165) is 0 Å². The summed E-state index contributed by atoms with van der Waals surface area (Å²) in [5.41, 5.74) is 2.34. The van der Waals surface area contributed by atoms with E-state index in [2.05, 4.69) is 15.1 Å². The molecule has 3 aromatic rings. The van der Waals surface area contributed by atoms with E-state index >= 15 is 0 Å². The van der Waals surface area contributed by atoms with Crippen molar-refractivity contribution in [3.8, 4) is 17.5 Å². The van der Waals surface area contributed by atoms with Crippen molar-refractivity contribution < 1.29 is 13.2 Å². The van der Waals surface area contributed by atoms with Crippen molar-refractivity contribution in [3.63, 3.8) is 0 Å². The Morgan fingerprint density at radius 2 is 2.10 bits per heavy atom. The van der Waals surface area contributed by atoms with Crippen molar-refractivity contribution in [1.82, 2.24) is 24.1 Å². The van der Waals surface area contributed by atoms with Gasteiger partial charge in [-0.1, -0.05) is 17.7 Å². The van der Waals surface area contributed by atoms with E-state index in [-0.39, 0.29) is 35.9 Å². The lowest BCUT2D eigenvalue weighted by Gasteiger charge is -2.20. The van der Waals surface area contributed by atoms with Crippen molar-refractivity contribution in [2.24, 2.45) is 0 Å². The number of halogens is 4. The van der Waals surface area contributed by atoms with E-state index in [1.54, 1.807) is 22.8 Å². The van der Waals surface area contributed by atoms with Crippen LogP contribution >= 0.6 is 11.6 Å². The van der Waals surface area contributed by atoms with Crippen molar-refractivity contribution in [2.45, 2.75) is 43.6 Å². The Balaban J connectivity index is 1.66. The van der Waals surface area contributed by atoms with Crippen LogP contribution in [0.2, 0.25) is 0 Å². The molecule has 2 unspecified atom stereocenters. The van der Waals surface area contributed by atoms with Gasteiger partial charge in [0, 0.05) is 24.8 Å². The summed E-state index contributed by atoms with van der Waals surface area (Å²) in [6.07, 6.45) is 5.95. The number of nitriles is 1. The van der Waals surface area contributed by atoms with E-state index in [1.165, 1.54) is 23.1 Å². The summed E-state index contributed by atoms with van der Waals surface area (Å²) in [6.45, 7) is 0. The minimum atomic E-state index is -2.73. The molecule has 2 aliphatic carbocycles. The summed E-state index contributed by atoms with van der Waals surface area (Å²) in [7, 11) is 0. The molecule has 158 valence electrons. The smallest absolute Gasteiger partial charge is 0.250 e. The van der Waals surface area contributed by atoms with Crippen LogP contribution in [0.15, 0.2) is 47.7 Å². The summed E-state index contributed by atoms with van der Waals surface area (Å²) < 4.78 is 44.8. The fourth-order valence-electron chi connectivity index (χ4n) is 4.26. The number of nitrogens with zero attached hydrogens (tertiary/aromatic N) is 6. The molecule has 6 nitrogen and oxygen atoms in total. The normalized spacial score (nSPS) is 22.9. The third-order valence-electron chi connectivity index (χ3n) is 5.80. The van der Waals surface area contributed by atoms with Gasteiger partial charge in [0.05, 0.1) is 28.9 Å². The predicted molar refractivity (Wildman–Crippen MR) is 107 cm³/mol. The lowest BCUT2D eigenvalue weighted by Crippen LogP contribution is -2.13. The maximum atomic E-state index is 14.0. The molecule has 0 N–H and O–H groups in total. The Kier molecular flexibility index (Phi) is 4.63. The molecule has 0 aliphatic heterocycles. The summed E-state index contributed by atoms with van der Waals surface area (Å²) in [4.78, 5) is 8.65. The van der Waals surface area contributed by atoms with Crippen molar-refractivity contribution in [2.75, 3.05) is 0 Å². The second kappa shape index (κ2) is 7.24. The predicted octanol–water partition coefficient (Wildman–Crippen LogP) is 5.29. The van der Waals surface area contributed by atoms with Crippen molar-refractivity contribution in [1.29, 1.82) is 5.26 Å². The third kappa shape index (κ3) is 3.41. The number of allylic oxidation sites excluding steroid dienone is 4. The van der Waals surface area contributed by atoms with E-state index in [9.17, 15) is 18.4 Å². The Morgan fingerprint density at radius 3 is 2.81 bits per heavy atom. The fourth-order valence-corrected chi connectivity index (χ4v) is 4.49. The fraction of sp³-hybridized carbons (Fsp3) is 0.333. The molecule has 0 saturated heterocycles. The van der Waals surface area contributed by atoms with Crippen molar-refractivity contribution >= 4 is 17.2 Å². The molecular weight excluding hydrogens is 429 g/mol. The van der Waals surface area contributed by atoms with Gasteiger partial charge in [-0.05, 0) is 31.1 Å². The Labute approximate surface area is 180 Å². The summed E-state index contributed by atoms with van der Waals surface area (Å²) in [6, 6.07) is 5.01. The SMILES string of the molecule is N#Cc1cnc2ccc(-c3c(C4C=CC(F)=C(Cl)C4)ncn3C3CCC(F)(F)C3)nn12. The highest BCUT2D eigenvalue weighted by Gasteiger charge is 2.41. The molecule has 0 radical (unpaired) electrons. The molecule has 1 fully saturated rings. The topological polar surface area (TPSA) is 71.8 Å². The molecule has 0 spiro atoms. The number of hydrogen-bond acceptors (Lipinski definition) is 4. The summed E-state index contributed by atoms with van der Waals surface area (Å²) in [5.74, 6) is -3.56. The molecule has 0 aromatic carbocycles. The van der Waals surface area contributed by atoms with Crippen LogP contribution < -0.4 is 0 Å². The maximum Gasteiger partial charge on any atom is 0.250 e. The number of aromatic nitrogens is 5. The molecule has 5 rings (SSSR count). The van der Waals surface area contributed by atoms with E-state index in [0.29, 0.717) is 29.1 Å². The number of alkyl halides is 2. The summed E-state index contributed by atoms with van der Waals surface area (Å²) in [5, 5.41) is 14.0. The molecule has 10 heteroatoms. The average molecular weight is 445 g/mol. The first kappa shape index (κ1) is 19.8. The van der Waals surface area contributed by atoms with Crippen LogP contribution in [0.3, 0.4) is 0 Å². The lowest BCUT2D eigenvalue weighted by atomic mass is 9.94. The van der Waals surface area contributed by atoms with Gasteiger partial charge < -0.3 is 4.57 Å². The molecule has 31 heavy (non-hydrogen) atoms. The maximum absolute atomic E-state index is 14.0. The first-order chi connectivity index (χ1) is 14.9. The monoisotopic (exact) mass is 444 g/mol. The largest absolute Gasteiger partial charge is 0.326 e. The summed E-state index contributed by atoms with van der Waals surface area (Å²) >= 11 is 6.04. The van der Waals surface area contributed by atoms with Crippen LogP contribution in [-0.2, 0) is 0 Å². The van der Waals surface area contributed by atoms with E-state index in [1.807, 2.05) is 6.07 Å². The number of imidazole rings is 2. The highest BCUT2D eigenvalue weighted by atomic mass is 35.5. The van der Waals surface area contributed by atoms with Crippen molar-refractivity contribution in [3.05, 3.63) is 59.1 Å². The highest BCUT2D eigenvalue weighted by molar-refractivity contribution is 6.30. The number of rotatable bonds is 3. The van der Waals surface area contributed by atoms with Crippen LogP contribution in [0.1, 0.15) is 49.0 Å². The van der Waals surface area contributed by atoms with Gasteiger partial charge in [-0.15, -0.1) is 0 Å². The standard InChI is InChI=1S/C21H16ClF3N6/c22-15-7-12(1-2-16(15)23)19-20(30(11-28-19)13-5-6-21(24,25)8-13)17-3-4-18-27-10-14(9-26)31(18)29-17/h1-4,10-13H,5-8H2. The molecule has 3 aromatic heterocycles. The van der Waals surface area contributed by atoms with Gasteiger partial charge in [0.15, 0.2) is 11.3 Å². The molecule has 3 heterocycles. The molecule has 2 aliphatic rings. The average Bonchev–Trinajstić information content (AvgIpc) is 3.45. The first-order valence-electron chi connectivity index (χ1n) is 9.78. The zero-order chi connectivity index (χ0) is 21.8. The Bertz CT molecular complexity index is 1280. The molecular formula is C21H16ClF3N6. The zero-order valence-electron chi connectivity index (χ0n) is 16.1. The lowest BCUT2D eigenvalue weighted by molar-refractivity contribution is 0.00568. The van der Waals surface area contributed by atoms with Gasteiger partial charge in [0.2, 0.25) is 5.92 Å². The molecule has 1 saturated carbocycles. The minimum absolute atomic E-state index is 0.0881. The van der Waals surface area contributed by atoms with Crippen LogP contribution in [0.5, 0.6) is 0 Å². The van der Waals surface area contributed by atoms with E-state index < -0.39 is 17.8 Å². The number of fused-ring (bicyclic) bond motifs is 1. The van der Waals surface area contributed by atoms with Crippen LogP contribution in [0.25, 0.3) is 17.0 Å². The van der Waals surface area contributed by atoms with Gasteiger partial charge in [-0.2, -0.15) is 10.4 Å². The third-order valence-corrected chi connectivity index (χ3v) is 6.13. The minimum Gasteiger partial charge on any atom is -0.326 e. The van der Waals surface area contributed by atoms with Crippen LogP contribution in [-0.4, -0.2) is 30.1 Å². The quantitative estimate of drug-likeness (QED) is 0.550. The Hall–Kier alpha value is -3.12. The molecule has 0 bridgehead atoms. The Morgan fingerprint density at radius 1 is 1.26 bits per heavy atom. The molecule has 0 amide bonds. The highest BCUT2D eigenvalue weighted by Crippen LogP contribution is 2.45. The second-order valence-corrected chi connectivity index (χ2v) is 8.26. The van der Waals surface area contributed by atoms with E-state index in [4.69, 9.17) is 11.6 Å². The van der Waals surface area contributed by atoms with Gasteiger partial charge in [0.1, 0.15) is 17.6 Å². The molecule has 2 atom stereocenters. The van der Waals surface area contributed by atoms with Gasteiger partial charge in [-0.3, -0.25) is 0 Å². The van der Waals surface area contributed by atoms with Gasteiger partial charge >= 0.3 is 0 Å². The van der Waals surface area contributed by atoms with Crippen LogP contribution in [0.4, 0.5) is 13.2 Å². The second-order valence-electron chi connectivity index (χ2n) is 7.80. The first-order valence-corrected chi connectivity index (χ1v) is 10.2. The number of hydrogen-bond donors (Lipinski definition) is 0.